The number of rotatable bonds is 9. The quantitative estimate of drug-likeness (QED) is 0.135. The van der Waals surface area contributed by atoms with Gasteiger partial charge in [0.15, 0.2) is 0 Å². The van der Waals surface area contributed by atoms with Gasteiger partial charge in [-0.15, -0.1) is 23.8 Å². The third-order valence-corrected chi connectivity index (χ3v) is 12.0. The molecular formula is C62H51N3OPt. The molecule has 0 fully saturated rings. The molecule has 0 N–H and O–H groups in total. The topological polar surface area (TPSA) is 39.9 Å². The van der Waals surface area contributed by atoms with E-state index in [2.05, 4.69) is 23.8 Å². The molecule has 0 spiro atoms. The Bertz CT molecular complexity index is 3820. The molecule has 10 rings (SSSR count). The van der Waals surface area contributed by atoms with E-state index in [1.165, 1.54) is 24.3 Å². The number of pyridine rings is 1. The van der Waals surface area contributed by atoms with Gasteiger partial charge in [-0.3, -0.25) is 9.55 Å². The molecule has 0 saturated heterocycles. The zero-order valence-corrected chi connectivity index (χ0v) is 38.9. The van der Waals surface area contributed by atoms with E-state index in [1.54, 1.807) is 18.3 Å². The molecule has 0 radical (unpaired) electrons. The first-order chi connectivity index (χ1) is 37.0. The van der Waals surface area contributed by atoms with Crippen molar-refractivity contribution in [1.29, 1.82) is 0 Å². The maximum atomic E-state index is 8.83. The number of fused-ring (bicyclic) bond motifs is 1. The Labute approximate surface area is 426 Å². The van der Waals surface area contributed by atoms with Gasteiger partial charge in [0.05, 0.1) is 28.0 Å². The van der Waals surface area contributed by atoms with Crippen molar-refractivity contribution in [3.63, 3.8) is 0 Å². The summed E-state index contributed by atoms with van der Waals surface area (Å²) in [5, 5.41) is 0. The summed E-state index contributed by atoms with van der Waals surface area (Å²) in [6.07, 6.45) is 1.63. The number of aromatic nitrogens is 3. The number of hydrogen-bond acceptors (Lipinski definition) is 3. The van der Waals surface area contributed by atoms with Crippen LogP contribution in [0, 0.1) is 33.9 Å². The number of hydrogen-bond donors (Lipinski definition) is 0. The second-order valence-corrected chi connectivity index (χ2v) is 16.5. The second kappa shape index (κ2) is 18.6. The Hall–Kier alpha value is -7.13. The molecule has 5 heteroatoms. The summed E-state index contributed by atoms with van der Waals surface area (Å²) in [5.74, 6) is 1.04. The van der Waals surface area contributed by atoms with E-state index in [9.17, 15) is 0 Å². The van der Waals surface area contributed by atoms with Gasteiger partial charge in [-0.2, -0.15) is 7.11 Å². The normalized spacial score (nSPS) is 14.8. The molecule has 2 heterocycles. The molecule has 330 valence electrons. The molecule has 4 nitrogen and oxygen atoms in total. The average Bonchev–Trinajstić information content (AvgIpc) is 4.03. The Morgan fingerprint density at radius 1 is 0.567 bits per heavy atom. The van der Waals surface area contributed by atoms with E-state index >= 15 is 0 Å². The largest absolute Gasteiger partial charge is 2.00 e. The Balaban J connectivity index is 0.00000757. The second-order valence-electron chi connectivity index (χ2n) is 16.5. The summed E-state index contributed by atoms with van der Waals surface area (Å²) in [6.45, 7) is -8.71. The molecular weight excluding hydrogens is 998 g/mol. The van der Waals surface area contributed by atoms with Gasteiger partial charge in [0.25, 0.3) is 0 Å². The van der Waals surface area contributed by atoms with Crippen LogP contribution in [-0.4, -0.2) is 14.5 Å². The summed E-state index contributed by atoms with van der Waals surface area (Å²) >= 11 is 0. The molecule has 8 aromatic carbocycles. The Morgan fingerprint density at radius 3 is 1.90 bits per heavy atom. The summed E-state index contributed by atoms with van der Waals surface area (Å²) in [4.78, 5) is 10.4. The molecule has 67 heavy (non-hydrogen) atoms. The third kappa shape index (κ3) is 8.83. The van der Waals surface area contributed by atoms with Crippen molar-refractivity contribution in [1.82, 2.24) is 14.5 Å². The fraction of sp³-hybridized carbons (Fsp3) is 0.113. The maximum absolute atomic E-state index is 8.83. The first-order valence-corrected chi connectivity index (χ1v) is 21.6. The van der Waals surface area contributed by atoms with E-state index in [0.29, 0.717) is 72.9 Å². The summed E-state index contributed by atoms with van der Waals surface area (Å²) in [6, 6.07) is 59.7. The van der Waals surface area contributed by atoms with Crippen molar-refractivity contribution in [3.8, 4) is 89.7 Å². The first-order valence-electron chi connectivity index (χ1n) is 27.6. The minimum Gasteiger partial charge on any atom is -0.665 e. The van der Waals surface area contributed by atoms with Crippen molar-refractivity contribution in [3.05, 3.63) is 224 Å². The molecule has 0 aliphatic carbocycles. The third-order valence-electron chi connectivity index (χ3n) is 12.0. The van der Waals surface area contributed by atoms with Gasteiger partial charge in [0.1, 0.15) is 5.82 Å². The number of para-hydroxylation sites is 1. The van der Waals surface area contributed by atoms with Gasteiger partial charge in [0.2, 0.25) is 0 Å². The Kier molecular flexibility index (Phi) is 9.04. The van der Waals surface area contributed by atoms with Crippen LogP contribution < -0.4 is 4.74 Å². The standard InChI is InChI=1S/C62H51N3O.Pt/c1-40-32-42(3)60(66-7)55(33-40)61-64-59-52(24-17-25-57(59)65(61)58-39-53(45-20-13-9-14-21-45)41(2)34-54(58)46-22-15-10-16-23-46)49-35-48(43-18-11-8-12-19-43)36-50(37-49)56-38-47(30-31-63-56)44-26-28-51(29-27-44)62(4,5)6;/h8-36,38-39H,7H2,1-6H3;/q-2;+2/i2D3,4D3,5D3,6D3;. The predicted molar refractivity (Wildman–Crippen MR) is 275 cm³/mol. The van der Waals surface area contributed by atoms with E-state index in [4.69, 9.17) is 31.2 Å². The smallest absolute Gasteiger partial charge is 0.665 e. The molecule has 0 saturated carbocycles. The van der Waals surface area contributed by atoms with Gasteiger partial charge in [-0.05, 0) is 112 Å². The molecule has 0 bridgehead atoms. The van der Waals surface area contributed by atoms with Crippen LogP contribution in [0.15, 0.2) is 188 Å². The fourth-order valence-corrected chi connectivity index (χ4v) is 8.85. The van der Waals surface area contributed by atoms with E-state index in [-0.39, 0.29) is 32.2 Å². The fourth-order valence-electron chi connectivity index (χ4n) is 8.85. The molecule has 0 aliphatic heterocycles. The molecule has 0 unspecified atom stereocenters. The van der Waals surface area contributed by atoms with Crippen LogP contribution in [0.4, 0.5) is 0 Å². The number of nitrogens with zero attached hydrogens (tertiary/aromatic N) is 3. The number of ether oxygens (including phenoxy) is 1. The van der Waals surface area contributed by atoms with E-state index in [1.807, 2.05) is 153 Å². The molecule has 0 amide bonds. The van der Waals surface area contributed by atoms with Gasteiger partial charge in [-0.25, -0.2) is 4.98 Å². The van der Waals surface area contributed by atoms with E-state index < -0.39 is 32.8 Å². The van der Waals surface area contributed by atoms with Gasteiger partial charge in [-0.1, -0.05) is 177 Å². The summed E-state index contributed by atoms with van der Waals surface area (Å²) in [7, 11) is 3.88. The summed E-state index contributed by atoms with van der Waals surface area (Å²) < 4.78 is 109. The summed E-state index contributed by atoms with van der Waals surface area (Å²) in [5.41, 5.74) is 9.45. The zero-order valence-electron chi connectivity index (χ0n) is 48.7. The van der Waals surface area contributed by atoms with Crippen LogP contribution in [0.25, 0.3) is 95.0 Å². The number of imidazole rings is 1. The van der Waals surface area contributed by atoms with Gasteiger partial charge < -0.3 is 4.74 Å². The maximum Gasteiger partial charge on any atom is 2.00 e. The van der Waals surface area contributed by atoms with Crippen LogP contribution in [0.5, 0.6) is 5.75 Å². The number of benzene rings is 8. The molecule has 0 atom stereocenters. The van der Waals surface area contributed by atoms with Crippen LogP contribution in [0.1, 0.15) is 59.3 Å². The van der Waals surface area contributed by atoms with Crippen molar-refractivity contribution < 1.29 is 42.3 Å². The van der Waals surface area contributed by atoms with Crippen LogP contribution in [0.2, 0.25) is 0 Å². The Morgan fingerprint density at radius 2 is 1.22 bits per heavy atom. The van der Waals surface area contributed by atoms with Gasteiger partial charge >= 0.3 is 21.1 Å². The van der Waals surface area contributed by atoms with Crippen molar-refractivity contribution in [2.24, 2.45) is 0 Å². The van der Waals surface area contributed by atoms with Crippen molar-refractivity contribution in [2.75, 3.05) is 0 Å². The minimum atomic E-state index is -3.40. The van der Waals surface area contributed by atoms with E-state index in [0.717, 1.165) is 38.9 Å². The molecule has 10 aromatic rings. The van der Waals surface area contributed by atoms with Crippen LogP contribution in [-0.2, 0) is 26.5 Å². The zero-order chi connectivity index (χ0) is 55.5. The molecule has 2 aromatic heterocycles. The van der Waals surface area contributed by atoms with Crippen LogP contribution >= 0.6 is 0 Å². The van der Waals surface area contributed by atoms with Crippen LogP contribution in [0.3, 0.4) is 0 Å². The molecule has 0 aliphatic rings. The average molecular weight is 1060 g/mol. The van der Waals surface area contributed by atoms with Crippen molar-refractivity contribution >= 4 is 11.0 Å². The SMILES string of the molecule is [2H]C([2H])([2H])c1cc(-c2ccccc2)c(-n2c(-c3cc(C)cc(C)c3O[CH2-])nc3c(-c4[c-]c(-c5cc(-c6ccc(C(C([2H])([2H])[2H])(C([2H])([2H])[2H])C([2H])([2H])[2H])cc6)ccn5)cc(-c5ccccc5)c4)cccc32)cc1-c1ccccc1.[Pt+2]. The first kappa shape index (κ1) is 32.5. The monoisotopic (exact) mass is 1060 g/mol. The van der Waals surface area contributed by atoms with Gasteiger partial charge in [0, 0.05) is 33.9 Å². The number of aryl methyl sites for hydroxylation is 3. The minimum absolute atomic E-state index is 0. The van der Waals surface area contributed by atoms with Crippen molar-refractivity contribution in [2.45, 2.75) is 46.7 Å². The predicted octanol–water partition coefficient (Wildman–Crippen LogP) is 16.3.